The molecule has 4 N–H and O–H groups in total. The fraction of sp³-hybridized carbons (Fsp3) is 0.308. The first-order chi connectivity index (χ1) is 18.8. The van der Waals surface area contributed by atoms with Gasteiger partial charge >= 0.3 is 6.18 Å². The van der Waals surface area contributed by atoms with Gasteiger partial charge in [0.05, 0.1) is 43.2 Å². The molecule has 0 radical (unpaired) electrons. The summed E-state index contributed by atoms with van der Waals surface area (Å²) >= 11 is 6.21. The minimum atomic E-state index is -4.57. The molecular weight excluding hydrogens is 556 g/mol. The Hall–Kier alpha value is -3.97. The second-order valence-corrected chi connectivity index (χ2v) is 9.55. The SMILES string of the molecule is CCC(C(N)c1ccc(C(N)=O)c(F)c1)n1cc(OC)c(-c2cc(Cl)ccc2N2CC(C(F)(F)F)N=N2)cc1=O. The topological polar surface area (TPSA) is 128 Å². The van der Waals surface area contributed by atoms with E-state index < -0.39 is 48.1 Å². The molecule has 0 saturated heterocycles. The number of methoxy groups -OCH3 is 1. The number of nitrogens with zero attached hydrogens (tertiary/aromatic N) is 4. The van der Waals surface area contributed by atoms with Crippen molar-refractivity contribution in [3.05, 3.63) is 81.0 Å². The van der Waals surface area contributed by atoms with Gasteiger partial charge in [0.1, 0.15) is 11.6 Å². The number of carbonyl (C=O) groups excluding carboxylic acids is 1. The molecule has 0 aliphatic carbocycles. The average Bonchev–Trinajstić information content (AvgIpc) is 3.40. The number of hydrogen-bond acceptors (Lipinski definition) is 7. The largest absolute Gasteiger partial charge is 0.495 e. The lowest BCUT2D eigenvalue weighted by Gasteiger charge is -2.27. The molecule has 0 spiro atoms. The van der Waals surface area contributed by atoms with Gasteiger partial charge in [-0.25, -0.2) is 9.40 Å². The van der Waals surface area contributed by atoms with Crippen LogP contribution in [-0.4, -0.2) is 36.3 Å². The number of alkyl halides is 3. The first-order valence-electron chi connectivity index (χ1n) is 12.1. The third kappa shape index (κ3) is 5.65. The molecule has 0 saturated carbocycles. The summed E-state index contributed by atoms with van der Waals surface area (Å²) in [5, 5.41) is 8.37. The van der Waals surface area contributed by atoms with Gasteiger partial charge in [0.15, 0.2) is 6.04 Å². The Morgan fingerprint density at radius 1 is 1.20 bits per heavy atom. The number of pyridine rings is 1. The minimum absolute atomic E-state index is 0.201. The van der Waals surface area contributed by atoms with Crippen LogP contribution in [0.3, 0.4) is 0 Å². The van der Waals surface area contributed by atoms with Crippen LogP contribution >= 0.6 is 11.6 Å². The van der Waals surface area contributed by atoms with Crippen molar-refractivity contribution >= 4 is 23.2 Å². The number of hydrogen-bond donors (Lipinski definition) is 2. The smallest absolute Gasteiger partial charge is 0.414 e. The van der Waals surface area contributed by atoms with Crippen LogP contribution in [-0.2, 0) is 0 Å². The second-order valence-electron chi connectivity index (χ2n) is 9.11. The van der Waals surface area contributed by atoms with Crippen LogP contribution in [0, 0.1) is 5.82 Å². The highest BCUT2D eigenvalue weighted by Gasteiger charge is 2.44. The van der Waals surface area contributed by atoms with Crippen LogP contribution in [0.25, 0.3) is 11.1 Å². The molecule has 14 heteroatoms. The van der Waals surface area contributed by atoms with Gasteiger partial charge in [-0.05, 0) is 42.3 Å². The molecule has 1 aliphatic heterocycles. The van der Waals surface area contributed by atoms with Crippen molar-refractivity contribution in [3.8, 4) is 16.9 Å². The Kier molecular flexibility index (Phi) is 8.17. The number of aromatic nitrogens is 1. The number of benzene rings is 2. The molecule has 1 aromatic heterocycles. The summed E-state index contributed by atoms with van der Waals surface area (Å²) in [5.41, 5.74) is 12.0. The number of rotatable bonds is 8. The van der Waals surface area contributed by atoms with Gasteiger partial charge in [0.2, 0.25) is 0 Å². The van der Waals surface area contributed by atoms with E-state index in [9.17, 15) is 27.2 Å². The van der Waals surface area contributed by atoms with Gasteiger partial charge in [-0.15, -0.1) is 0 Å². The molecular formula is C26H25ClF4N6O3. The van der Waals surface area contributed by atoms with Crippen LogP contribution in [0.15, 0.2) is 63.8 Å². The van der Waals surface area contributed by atoms with Gasteiger partial charge in [0.25, 0.3) is 11.5 Å². The standard InChI is InChI=1S/C26H25ClF4N6O3/c1-3-19(24(32)13-4-6-15(25(33)39)18(28)8-13)36-11-21(40-2)17(10-23(36)38)16-9-14(27)5-7-20(16)37-12-22(34-35-37)26(29,30)31/h4-11,19,22,24H,3,12,32H2,1-2H3,(H2,33,39). The fourth-order valence-electron chi connectivity index (χ4n) is 4.57. The minimum Gasteiger partial charge on any atom is -0.495 e. The van der Waals surface area contributed by atoms with Crippen LogP contribution in [0.4, 0.5) is 23.2 Å². The number of amides is 1. The zero-order valence-corrected chi connectivity index (χ0v) is 22.1. The molecule has 40 heavy (non-hydrogen) atoms. The van der Waals surface area contributed by atoms with Crippen molar-refractivity contribution in [1.29, 1.82) is 0 Å². The van der Waals surface area contributed by atoms with E-state index in [1.54, 1.807) is 6.92 Å². The van der Waals surface area contributed by atoms with Crippen LogP contribution in [0.5, 0.6) is 5.75 Å². The maximum absolute atomic E-state index is 14.4. The van der Waals surface area contributed by atoms with E-state index in [-0.39, 0.29) is 27.6 Å². The van der Waals surface area contributed by atoms with Gasteiger partial charge in [-0.3, -0.25) is 9.59 Å². The summed E-state index contributed by atoms with van der Waals surface area (Å²) in [7, 11) is 1.37. The van der Waals surface area contributed by atoms with Crippen molar-refractivity contribution in [2.24, 2.45) is 21.8 Å². The predicted octanol–water partition coefficient (Wildman–Crippen LogP) is 5.18. The summed E-state index contributed by atoms with van der Waals surface area (Å²) in [6.45, 7) is 1.24. The number of nitrogens with two attached hydrogens (primary N) is 2. The second kappa shape index (κ2) is 11.3. The Morgan fingerprint density at radius 2 is 1.93 bits per heavy atom. The number of halogens is 5. The lowest BCUT2D eigenvalue weighted by Crippen LogP contribution is -2.33. The van der Waals surface area contributed by atoms with Gasteiger partial charge in [-0.1, -0.05) is 29.8 Å². The average molecular weight is 581 g/mol. The van der Waals surface area contributed by atoms with Crippen LogP contribution < -0.4 is 26.8 Å². The van der Waals surface area contributed by atoms with E-state index >= 15 is 0 Å². The molecule has 1 aliphatic rings. The lowest BCUT2D eigenvalue weighted by atomic mass is 9.96. The Bertz CT molecular complexity index is 1530. The monoisotopic (exact) mass is 580 g/mol. The first kappa shape index (κ1) is 29.0. The van der Waals surface area contributed by atoms with Crippen molar-refractivity contribution in [2.45, 2.75) is 37.6 Å². The maximum Gasteiger partial charge on any atom is 0.414 e. The third-order valence-electron chi connectivity index (χ3n) is 6.65. The van der Waals surface area contributed by atoms with Crippen LogP contribution in [0.2, 0.25) is 5.02 Å². The van der Waals surface area contributed by atoms with E-state index in [4.69, 9.17) is 27.8 Å². The lowest BCUT2D eigenvalue weighted by molar-refractivity contribution is -0.143. The number of anilines is 1. The van der Waals surface area contributed by atoms with Gasteiger partial charge in [-0.2, -0.15) is 18.3 Å². The molecule has 0 bridgehead atoms. The quantitative estimate of drug-likeness (QED) is 0.355. The highest BCUT2D eigenvalue weighted by Crippen LogP contribution is 2.41. The summed E-state index contributed by atoms with van der Waals surface area (Å²) in [5.74, 6) is -1.56. The highest BCUT2D eigenvalue weighted by molar-refractivity contribution is 6.31. The van der Waals surface area contributed by atoms with E-state index in [2.05, 4.69) is 10.3 Å². The summed E-state index contributed by atoms with van der Waals surface area (Å²) in [6.07, 6.45) is -2.78. The number of primary amides is 1. The van der Waals surface area contributed by atoms with Gasteiger partial charge in [0, 0.05) is 22.2 Å². The van der Waals surface area contributed by atoms with Gasteiger partial charge < -0.3 is 20.8 Å². The molecule has 3 aromatic rings. The molecule has 2 aromatic carbocycles. The summed E-state index contributed by atoms with van der Waals surface area (Å²) in [4.78, 5) is 24.8. The van der Waals surface area contributed by atoms with Crippen LogP contribution in [0.1, 0.15) is 41.3 Å². The number of ether oxygens (including phenoxy) is 1. The van der Waals surface area contributed by atoms with E-state index in [0.717, 1.165) is 11.1 Å². The Morgan fingerprint density at radius 3 is 2.50 bits per heavy atom. The molecule has 1 amide bonds. The maximum atomic E-state index is 14.4. The molecule has 4 rings (SSSR count). The van der Waals surface area contributed by atoms with Crippen molar-refractivity contribution in [1.82, 2.24) is 4.57 Å². The molecule has 3 unspecified atom stereocenters. The van der Waals surface area contributed by atoms with E-state index in [0.29, 0.717) is 17.5 Å². The molecule has 3 atom stereocenters. The molecule has 9 nitrogen and oxygen atoms in total. The molecule has 2 heterocycles. The van der Waals surface area contributed by atoms with Crippen molar-refractivity contribution in [3.63, 3.8) is 0 Å². The van der Waals surface area contributed by atoms with Crippen molar-refractivity contribution in [2.75, 3.05) is 18.7 Å². The molecule has 212 valence electrons. The van der Waals surface area contributed by atoms with E-state index in [1.807, 2.05) is 0 Å². The Labute approximate surface area is 231 Å². The first-order valence-corrected chi connectivity index (χ1v) is 12.4. The van der Waals surface area contributed by atoms with E-state index in [1.165, 1.54) is 54.3 Å². The summed E-state index contributed by atoms with van der Waals surface area (Å²) < 4.78 is 61.0. The zero-order valence-electron chi connectivity index (χ0n) is 21.3. The number of carbonyl (C=O) groups is 1. The fourth-order valence-corrected chi connectivity index (χ4v) is 4.74. The third-order valence-corrected chi connectivity index (χ3v) is 6.88. The summed E-state index contributed by atoms with van der Waals surface area (Å²) in [6, 6.07) is 5.98. The predicted molar refractivity (Wildman–Crippen MR) is 141 cm³/mol. The zero-order chi connectivity index (χ0) is 29.4. The highest BCUT2D eigenvalue weighted by atomic mass is 35.5. The normalized spacial score (nSPS) is 16.7. The molecule has 0 fully saturated rings. The Balaban J connectivity index is 1.76. The van der Waals surface area contributed by atoms with Crippen molar-refractivity contribution < 1.29 is 27.1 Å².